The van der Waals surface area contributed by atoms with Crippen molar-refractivity contribution in [2.45, 2.75) is 4.90 Å². The number of anilines is 2. The average molecular weight is 401 g/mol. The van der Waals surface area contributed by atoms with Crippen LogP contribution in [0.15, 0.2) is 64.9 Å². The Labute approximate surface area is 162 Å². The van der Waals surface area contributed by atoms with E-state index in [1.54, 1.807) is 23.5 Å². The molecule has 140 valence electrons. The fraction of sp³-hybridized carbons (Fsp3) is 0.211. The van der Waals surface area contributed by atoms with E-state index < -0.39 is 10.0 Å². The van der Waals surface area contributed by atoms with E-state index in [-0.39, 0.29) is 4.90 Å². The summed E-state index contributed by atoms with van der Waals surface area (Å²) >= 11 is 1.64. The Morgan fingerprint density at radius 2 is 1.52 bits per heavy atom. The maximum atomic E-state index is 11.9. The lowest BCUT2D eigenvalue weighted by molar-refractivity contribution is 0.595. The summed E-state index contributed by atoms with van der Waals surface area (Å²) in [5.41, 5.74) is 2.77. The summed E-state index contributed by atoms with van der Waals surface area (Å²) in [6.45, 7) is 2.99. The SMILES string of the molecule is NS(=O)(=O)c1ccccc1N1CCN(c2nc(-c3ccccc3)cs2)CC1. The van der Waals surface area contributed by atoms with Gasteiger partial charge < -0.3 is 9.80 Å². The van der Waals surface area contributed by atoms with Crippen LogP contribution in [-0.2, 0) is 10.0 Å². The lowest BCUT2D eigenvalue weighted by Gasteiger charge is -2.36. The number of hydrogen-bond acceptors (Lipinski definition) is 6. The number of aromatic nitrogens is 1. The summed E-state index contributed by atoms with van der Waals surface area (Å²) in [6.07, 6.45) is 0. The molecule has 1 saturated heterocycles. The number of hydrogen-bond donors (Lipinski definition) is 1. The zero-order valence-corrected chi connectivity index (χ0v) is 16.3. The van der Waals surface area contributed by atoms with Crippen molar-refractivity contribution in [1.29, 1.82) is 0 Å². The third kappa shape index (κ3) is 3.83. The first-order valence-electron chi connectivity index (χ1n) is 8.65. The Kier molecular flexibility index (Phi) is 4.86. The van der Waals surface area contributed by atoms with Gasteiger partial charge in [0.15, 0.2) is 5.13 Å². The van der Waals surface area contributed by atoms with Gasteiger partial charge >= 0.3 is 0 Å². The molecular weight excluding hydrogens is 380 g/mol. The molecule has 27 heavy (non-hydrogen) atoms. The first-order chi connectivity index (χ1) is 13.0. The van der Waals surface area contributed by atoms with Crippen molar-refractivity contribution in [3.8, 4) is 11.3 Å². The molecule has 0 bridgehead atoms. The molecule has 0 aliphatic carbocycles. The molecule has 2 N–H and O–H groups in total. The van der Waals surface area contributed by atoms with Crippen LogP contribution in [0.5, 0.6) is 0 Å². The van der Waals surface area contributed by atoms with Crippen molar-refractivity contribution in [2.75, 3.05) is 36.0 Å². The fourth-order valence-electron chi connectivity index (χ4n) is 3.25. The molecule has 4 rings (SSSR count). The van der Waals surface area contributed by atoms with Crippen LogP contribution in [0.1, 0.15) is 0 Å². The molecule has 1 aliphatic heterocycles. The van der Waals surface area contributed by atoms with E-state index >= 15 is 0 Å². The molecule has 0 radical (unpaired) electrons. The largest absolute Gasteiger partial charge is 0.367 e. The van der Waals surface area contributed by atoms with E-state index in [4.69, 9.17) is 10.1 Å². The van der Waals surface area contributed by atoms with E-state index in [1.165, 1.54) is 0 Å². The van der Waals surface area contributed by atoms with Crippen LogP contribution in [0.25, 0.3) is 11.3 Å². The second-order valence-electron chi connectivity index (χ2n) is 6.37. The predicted molar refractivity (Wildman–Crippen MR) is 110 cm³/mol. The van der Waals surface area contributed by atoms with Crippen LogP contribution in [-0.4, -0.2) is 39.6 Å². The Morgan fingerprint density at radius 1 is 0.889 bits per heavy atom. The lowest BCUT2D eigenvalue weighted by atomic mass is 10.2. The maximum absolute atomic E-state index is 11.9. The van der Waals surface area contributed by atoms with Crippen LogP contribution in [0.3, 0.4) is 0 Å². The van der Waals surface area contributed by atoms with Crippen molar-refractivity contribution in [3.63, 3.8) is 0 Å². The van der Waals surface area contributed by atoms with E-state index in [9.17, 15) is 8.42 Å². The van der Waals surface area contributed by atoms with Gasteiger partial charge in [0.25, 0.3) is 0 Å². The Morgan fingerprint density at radius 3 is 2.22 bits per heavy atom. The molecule has 1 aliphatic rings. The average Bonchev–Trinajstić information content (AvgIpc) is 3.18. The molecule has 0 unspecified atom stereocenters. The van der Waals surface area contributed by atoms with Crippen molar-refractivity contribution in [3.05, 3.63) is 60.0 Å². The highest BCUT2D eigenvalue weighted by molar-refractivity contribution is 7.89. The molecule has 2 heterocycles. The molecule has 0 atom stereocenters. The Hall–Kier alpha value is -2.42. The number of benzene rings is 2. The Bertz CT molecular complexity index is 1030. The van der Waals surface area contributed by atoms with Crippen LogP contribution in [0.2, 0.25) is 0 Å². The summed E-state index contributed by atoms with van der Waals surface area (Å²) in [4.78, 5) is 9.26. The minimum absolute atomic E-state index is 0.180. The molecule has 0 saturated carbocycles. The molecule has 1 aromatic heterocycles. The van der Waals surface area contributed by atoms with E-state index in [0.29, 0.717) is 18.8 Å². The van der Waals surface area contributed by atoms with Gasteiger partial charge in [-0.15, -0.1) is 11.3 Å². The number of piperazine rings is 1. The summed E-state index contributed by atoms with van der Waals surface area (Å²) < 4.78 is 23.7. The number of nitrogens with zero attached hydrogens (tertiary/aromatic N) is 3. The zero-order chi connectivity index (χ0) is 18.9. The number of rotatable bonds is 4. The zero-order valence-electron chi connectivity index (χ0n) is 14.7. The van der Waals surface area contributed by atoms with Crippen molar-refractivity contribution in [1.82, 2.24) is 4.98 Å². The van der Waals surface area contributed by atoms with Crippen LogP contribution in [0.4, 0.5) is 10.8 Å². The van der Waals surface area contributed by atoms with Gasteiger partial charge in [0.2, 0.25) is 10.0 Å². The number of para-hydroxylation sites is 1. The van der Waals surface area contributed by atoms with Crippen LogP contribution >= 0.6 is 11.3 Å². The van der Waals surface area contributed by atoms with Gasteiger partial charge in [0.05, 0.1) is 11.4 Å². The van der Waals surface area contributed by atoms with Crippen molar-refractivity contribution < 1.29 is 8.42 Å². The fourth-order valence-corrected chi connectivity index (χ4v) is 4.89. The third-order valence-electron chi connectivity index (χ3n) is 4.62. The van der Waals surface area contributed by atoms with E-state index in [0.717, 1.165) is 29.5 Å². The standard InChI is InChI=1S/C19H20N4O2S2/c20-27(24,25)18-9-5-4-8-17(18)22-10-12-23(13-11-22)19-21-16(14-26-19)15-6-2-1-3-7-15/h1-9,14H,10-13H2,(H2,20,24,25). The second-order valence-corrected chi connectivity index (χ2v) is 8.73. The summed E-state index contributed by atoms with van der Waals surface area (Å²) in [6, 6.07) is 17.0. The lowest BCUT2D eigenvalue weighted by Crippen LogP contribution is -2.47. The molecular formula is C19H20N4O2S2. The summed E-state index contributed by atoms with van der Waals surface area (Å²) in [7, 11) is -3.74. The van der Waals surface area contributed by atoms with Gasteiger partial charge in [-0.25, -0.2) is 18.5 Å². The highest BCUT2D eigenvalue weighted by atomic mass is 32.2. The van der Waals surface area contributed by atoms with Gasteiger partial charge in [0.1, 0.15) is 4.90 Å². The molecule has 0 spiro atoms. The quantitative estimate of drug-likeness (QED) is 0.728. The molecule has 1 fully saturated rings. The molecule has 2 aromatic carbocycles. The van der Waals surface area contributed by atoms with Crippen molar-refractivity contribution in [2.24, 2.45) is 5.14 Å². The number of thiazole rings is 1. The van der Waals surface area contributed by atoms with Gasteiger partial charge in [-0.1, -0.05) is 42.5 Å². The summed E-state index contributed by atoms with van der Waals surface area (Å²) in [5, 5.41) is 8.44. The molecule has 6 nitrogen and oxygen atoms in total. The normalized spacial score (nSPS) is 15.1. The maximum Gasteiger partial charge on any atom is 0.240 e. The first-order valence-corrected chi connectivity index (χ1v) is 11.1. The third-order valence-corrected chi connectivity index (χ3v) is 6.48. The van der Waals surface area contributed by atoms with Crippen molar-refractivity contribution >= 4 is 32.2 Å². The molecule has 3 aromatic rings. The van der Waals surface area contributed by atoms with Crippen LogP contribution in [0, 0.1) is 0 Å². The van der Waals surface area contributed by atoms with Crippen LogP contribution < -0.4 is 14.9 Å². The van der Waals surface area contributed by atoms with Gasteiger partial charge in [-0.2, -0.15) is 0 Å². The second kappa shape index (κ2) is 7.30. The topological polar surface area (TPSA) is 79.5 Å². The van der Waals surface area contributed by atoms with E-state index in [1.807, 2.05) is 30.3 Å². The van der Waals surface area contributed by atoms with E-state index in [2.05, 4.69) is 27.3 Å². The highest BCUT2D eigenvalue weighted by Crippen LogP contribution is 2.30. The number of primary sulfonamides is 1. The van der Waals surface area contributed by atoms with Gasteiger partial charge in [0, 0.05) is 37.1 Å². The first kappa shape index (κ1) is 18.0. The summed E-state index contributed by atoms with van der Waals surface area (Å²) in [5.74, 6) is 0. The Balaban J connectivity index is 1.48. The minimum Gasteiger partial charge on any atom is -0.367 e. The monoisotopic (exact) mass is 400 g/mol. The minimum atomic E-state index is -3.74. The number of nitrogens with two attached hydrogens (primary N) is 1. The van der Waals surface area contributed by atoms with Gasteiger partial charge in [-0.05, 0) is 12.1 Å². The van der Waals surface area contributed by atoms with Gasteiger partial charge in [-0.3, -0.25) is 0 Å². The number of sulfonamides is 1. The predicted octanol–water partition coefficient (Wildman–Crippen LogP) is 2.78. The highest BCUT2D eigenvalue weighted by Gasteiger charge is 2.24. The molecule has 8 heteroatoms. The smallest absolute Gasteiger partial charge is 0.240 e. The molecule has 0 amide bonds.